The van der Waals surface area contributed by atoms with Crippen molar-refractivity contribution in [2.24, 2.45) is 5.10 Å². The van der Waals surface area contributed by atoms with Gasteiger partial charge < -0.3 is 9.47 Å². The number of rotatable bonds is 7. The molecule has 38 heavy (non-hydrogen) atoms. The van der Waals surface area contributed by atoms with Gasteiger partial charge in [0.25, 0.3) is 0 Å². The van der Waals surface area contributed by atoms with Crippen LogP contribution < -0.4 is 14.5 Å². The van der Waals surface area contributed by atoms with E-state index in [0.717, 1.165) is 56.5 Å². The van der Waals surface area contributed by atoms with Crippen molar-refractivity contribution in [1.82, 2.24) is 4.98 Å². The van der Waals surface area contributed by atoms with Crippen LogP contribution in [0.1, 0.15) is 23.6 Å². The van der Waals surface area contributed by atoms with E-state index in [1.165, 1.54) is 4.70 Å². The van der Waals surface area contributed by atoms with E-state index in [9.17, 15) is 0 Å². The number of nitrogens with zero attached hydrogens (tertiary/aromatic N) is 3. The van der Waals surface area contributed by atoms with Gasteiger partial charge in [0.1, 0.15) is 16.5 Å². The lowest BCUT2D eigenvalue weighted by molar-refractivity contribution is 0.414. The molecule has 6 heteroatoms. The Morgan fingerprint density at radius 3 is 2.37 bits per heavy atom. The fourth-order valence-corrected chi connectivity index (χ4v) is 5.64. The first-order chi connectivity index (χ1) is 18.7. The Bertz CT molecular complexity index is 1610. The summed E-state index contributed by atoms with van der Waals surface area (Å²) in [5.41, 5.74) is 6.42. The second-order valence-corrected chi connectivity index (χ2v) is 10.1. The molecule has 5 aromatic rings. The number of thiazole rings is 1. The number of aromatic nitrogens is 1. The van der Waals surface area contributed by atoms with Gasteiger partial charge >= 0.3 is 0 Å². The minimum Gasteiger partial charge on any atom is -0.497 e. The van der Waals surface area contributed by atoms with Gasteiger partial charge in [0.2, 0.25) is 0 Å². The normalized spacial score (nSPS) is 15.3. The average Bonchev–Trinajstić information content (AvgIpc) is 3.61. The van der Waals surface area contributed by atoms with Crippen LogP contribution in [-0.2, 0) is 0 Å². The first-order valence-electron chi connectivity index (χ1n) is 12.5. The van der Waals surface area contributed by atoms with Gasteiger partial charge in [-0.3, -0.25) is 5.01 Å². The summed E-state index contributed by atoms with van der Waals surface area (Å²) in [6.45, 7) is 0. The maximum Gasteiger partial charge on any atom is 0.124 e. The Hall–Kier alpha value is -4.42. The van der Waals surface area contributed by atoms with Crippen LogP contribution in [-0.4, -0.2) is 24.9 Å². The van der Waals surface area contributed by atoms with Crippen LogP contribution in [0.2, 0.25) is 0 Å². The first-order valence-corrected chi connectivity index (χ1v) is 13.3. The molecule has 0 aliphatic carbocycles. The quantitative estimate of drug-likeness (QED) is 0.219. The molecule has 1 aliphatic heterocycles. The van der Waals surface area contributed by atoms with E-state index in [1.54, 1.807) is 25.6 Å². The molecule has 2 heterocycles. The molecular weight excluding hydrogens is 490 g/mol. The van der Waals surface area contributed by atoms with E-state index in [2.05, 4.69) is 77.8 Å². The minimum atomic E-state index is 0.0587. The van der Waals surface area contributed by atoms with E-state index in [4.69, 9.17) is 19.6 Å². The molecule has 0 amide bonds. The summed E-state index contributed by atoms with van der Waals surface area (Å²) >= 11 is 1.71. The molecule has 1 aromatic heterocycles. The van der Waals surface area contributed by atoms with Crippen molar-refractivity contribution in [3.8, 4) is 22.1 Å². The second kappa shape index (κ2) is 10.5. The molecule has 6 rings (SSSR count). The van der Waals surface area contributed by atoms with Crippen molar-refractivity contribution in [2.45, 2.75) is 12.5 Å². The van der Waals surface area contributed by atoms with Crippen LogP contribution in [0.4, 0.5) is 5.69 Å². The van der Waals surface area contributed by atoms with E-state index in [-0.39, 0.29) is 6.04 Å². The third-order valence-corrected chi connectivity index (χ3v) is 7.73. The van der Waals surface area contributed by atoms with Crippen molar-refractivity contribution in [2.75, 3.05) is 19.2 Å². The summed E-state index contributed by atoms with van der Waals surface area (Å²) in [6.07, 6.45) is 4.97. The summed E-state index contributed by atoms with van der Waals surface area (Å²) in [4.78, 5) is 4.81. The maximum atomic E-state index is 5.51. The number of para-hydroxylation sites is 1. The lowest BCUT2D eigenvalue weighted by atomic mass is 10.0. The van der Waals surface area contributed by atoms with Crippen LogP contribution in [0.25, 0.3) is 26.9 Å². The monoisotopic (exact) mass is 517 g/mol. The molecule has 0 saturated heterocycles. The average molecular weight is 518 g/mol. The lowest BCUT2D eigenvalue weighted by Gasteiger charge is -2.24. The van der Waals surface area contributed by atoms with Crippen LogP contribution >= 0.6 is 11.3 Å². The minimum absolute atomic E-state index is 0.0587. The highest BCUT2D eigenvalue weighted by Gasteiger charge is 2.28. The van der Waals surface area contributed by atoms with Crippen molar-refractivity contribution >= 4 is 39.0 Å². The molecule has 5 nitrogen and oxygen atoms in total. The molecule has 188 valence electrons. The van der Waals surface area contributed by atoms with Gasteiger partial charge in [0.15, 0.2) is 0 Å². The van der Waals surface area contributed by atoms with Gasteiger partial charge in [0.05, 0.1) is 41.9 Å². The summed E-state index contributed by atoms with van der Waals surface area (Å²) in [5.74, 6) is 1.68. The van der Waals surface area contributed by atoms with Crippen LogP contribution in [0, 0.1) is 0 Å². The number of methoxy groups -OCH3 is 2. The van der Waals surface area contributed by atoms with Gasteiger partial charge in [-0.25, -0.2) is 4.98 Å². The molecule has 0 bridgehead atoms. The SMILES string of the molecule is COc1cccc(C=CC2=NN(c3ccc(-c4nc5ccccc5s4)cc3)C(c3cccc(OC)c3)C2)c1. The van der Waals surface area contributed by atoms with Crippen molar-refractivity contribution in [1.29, 1.82) is 0 Å². The van der Waals surface area contributed by atoms with Gasteiger partial charge in [-0.1, -0.05) is 42.5 Å². The largest absolute Gasteiger partial charge is 0.497 e. The Morgan fingerprint density at radius 2 is 1.58 bits per heavy atom. The Morgan fingerprint density at radius 1 is 0.816 bits per heavy atom. The molecule has 0 fully saturated rings. The van der Waals surface area contributed by atoms with Crippen molar-refractivity contribution in [3.05, 3.63) is 114 Å². The molecular formula is C32H27N3O2S. The fraction of sp³-hybridized carbons (Fsp3) is 0.125. The molecule has 0 radical (unpaired) electrons. The van der Waals surface area contributed by atoms with Crippen molar-refractivity contribution in [3.63, 3.8) is 0 Å². The third kappa shape index (κ3) is 4.91. The van der Waals surface area contributed by atoms with Crippen LogP contribution in [0.5, 0.6) is 11.5 Å². The predicted octanol–water partition coefficient (Wildman–Crippen LogP) is 8.00. The van der Waals surface area contributed by atoms with Gasteiger partial charge in [-0.05, 0) is 77.9 Å². The number of hydrazone groups is 1. The molecule has 4 aromatic carbocycles. The number of fused-ring (bicyclic) bond motifs is 1. The number of hydrogen-bond acceptors (Lipinski definition) is 6. The zero-order valence-corrected chi connectivity index (χ0v) is 22.1. The highest BCUT2D eigenvalue weighted by atomic mass is 32.1. The molecule has 0 N–H and O–H groups in total. The Balaban J connectivity index is 1.32. The number of benzene rings is 4. The van der Waals surface area contributed by atoms with E-state index in [0.29, 0.717) is 0 Å². The van der Waals surface area contributed by atoms with E-state index < -0.39 is 0 Å². The number of hydrogen-bond donors (Lipinski definition) is 0. The summed E-state index contributed by atoms with van der Waals surface area (Å²) in [5, 5.41) is 8.18. The third-order valence-electron chi connectivity index (χ3n) is 6.65. The smallest absolute Gasteiger partial charge is 0.124 e. The number of anilines is 1. The summed E-state index contributed by atoms with van der Waals surface area (Å²) in [6, 6.07) is 33.1. The van der Waals surface area contributed by atoms with Gasteiger partial charge in [-0.2, -0.15) is 5.10 Å². The van der Waals surface area contributed by atoms with E-state index in [1.807, 2.05) is 36.4 Å². The number of ether oxygens (including phenoxy) is 2. The van der Waals surface area contributed by atoms with Crippen LogP contribution in [0.15, 0.2) is 108 Å². The standard InChI is InChI=1S/C32H27N3O2S/c1-36-27-9-5-7-22(19-27)13-16-25-21-30(24-8-6-10-28(20-24)37-2)35(34-25)26-17-14-23(15-18-26)32-33-29-11-3-4-12-31(29)38-32/h3-20,30H,21H2,1-2H3. The molecule has 0 spiro atoms. The van der Waals surface area contributed by atoms with E-state index >= 15 is 0 Å². The zero-order chi connectivity index (χ0) is 25.9. The lowest BCUT2D eigenvalue weighted by Crippen LogP contribution is -2.18. The first kappa shape index (κ1) is 23.9. The zero-order valence-electron chi connectivity index (χ0n) is 21.2. The molecule has 1 unspecified atom stereocenters. The molecule has 1 aliphatic rings. The second-order valence-electron chi connectivity index (χ2n) is 9.08. The van der Waals surface area contributed by atoms with Crippen LogP contribution in [0.3, 0.4) is 0 Å². The van der Waals surface area contributed by atoms with Gasteiger partial charge in [0, 0.05) is 12.0 Å². The highest BCUT2D eigenvalue weighted by Crippen LogP contribution is 2.38. The summed E-state index contributed by atoms with van der Waals surface area (Å²) in [7, 11) is 3.38. The topological polar surface area (TPSA) is 47.0 Å². The summed E-state index contributed by atoms with van der Waals surface area (Å²) < 4.78 is 12.1. The maximum absolute atomic E-state index is 5.51. The van der Waals surface area contributed by atoms with Crippen molar-refractivity contribution < 1.29 is 9.47 Å². The highest BCUT2D eigenvalue weighted by molar-refractivity contribution is 7.21. The molecule has 0 saturated carbocycles. The Kier molecular flexibility index (Phi) is 6.63. The predicted molar refractivity (Wildman–Crippen MR) is 157 cm³/mol. The fourth-order valence-electron chi connectivity index (χ4n) is 4.67. The molecule has 1 atom stereocenters. The van der Waals surface area contributed by atoms with Gasteiger partial charge in [-0.15, -0.1) is 11.3 Å². The Labute approximate surface area is 226 Å². The number of allylic oxidation sites excluding steroid dienone is 1.